The minimum atomic E-state index is -0.692. The molecule has 1 heterocycles. The Kier molecular flexibility index (Phi) is 6.01. The standard InChI is InChI=1S/C21H22N2O6/c1-13-10-19(24)22-16-6-4-5-7-17(16)23(13)20(25)12-29-21(26)15-9-8-14(27-2)11-18(15)28-3/h4-9,11,13H,10,12H2,1-3H3,(H,22,24)/t13-/m1/s1. The number of nitrogens with one attached hydrogen (secondary N) is 1. The molecule has 1 N–H and O–H groups in total. The third kappa shape index (κ3) is 4.31. The topological polar surface area (TPSA) is 94.2 Å². The lowest BCUT2D eigenvalue weighted by atomic mass is 10.1. The minimum Gasteiger partial charge on any atom is -0.497 e. The number of esters is 1. The fraction of sp³-hybridized carbons (Fsp3) is 0.286. The van der Waals surface area contributed by atoms with E-state index in [2.05, 4.69) is 5.32 Å². The van der Waals surface area contributed by atoms with Crippen LogP contribution >= 0.6 is 0 Å². The van der Waals surface area contributed by atoms with Crippen molar-refractivity contribution in [3.8, 4) is 11.5 Å². The highest BCUT2D eigenvalue weighted by molar-refractivity contribution is 6.05. The second kappa shape index (κ2) is 8.64. The molecule has 0 unspecified atom stereocenters. The lowest BCUT2D eigenvalue weighted by molar-refractivity contribution is -0.122. The van der Waals surface area contributed by atoms with E-state index in [0.29, 0.717) is 17.1 Å². The van der Waals surface area contributed by atoms with Gasteiger partial charge in [-0.1, -0.05) is 12.1 Å². The van der Waals surface area contributed by atoms with Gasteiger partial charge in [0.05, 0.1) is 25.6 Å². The first kappa shape index (κ1) is 20.2. The van der Waals surface area contributed by atoms with Gasteiger partial charge in [0, 0.05) is 18.5 Å². The molecule has 2 aromatic rings. The molecule has 2 amide bonds. The van der Waals surface area contributed by atoms with Crippen LogP contribution in [0.2, 0.25) is 0 Å². The zero-order valence-corrected chi connectivity index (χ0v) is 16.4. The Hall–Kier alpha value is -3.55. The van der Waals surface area contributed by atoms with Gasteiger partial charge in [-0.3, -0.25) is 9.59 Å². The van der Waals surface area contributed by atoms with Crippen LogP contribution in [-0.2, 0) is 14.3 Å². The van der Waals surface area contributed by atoms with Crippen molar-refractivity contribution >= 4 is 29.2 Å². The summed E-state index contributed by atoms with van der Waals surface area (Å²) in [4.78, 5) is 38.9. The van der Waals surface area contributed by atoms with Crippen LogP contribution in [0.5, 0.6) is 11.5 Å². The van der Waals surface area contributed by atoms with Crippen molar-refractivity contribution in [1.82, 2.24) is 0 Å². The van der Waals surface area contributed by atoms with E-state index in [4.69, 9.17) is 14.2 Å². The summed E-state index contributed by atoms with van der Waals surface area (Å²) in [6, 6.07) is 11.3. The average Bonchev–Trinajstić information content (AvgIpc) is 2.85. The van der Waals surface area contributed by atoms with Crippen LogP contribution in [-0.4, -0.2) is 44.7 Å². The maximum absolute atomic E-state index is 12.9. The highest BCUT2D eigenvalue weighted by Gasteiger charge is 2.30. The summed E-state index contributed by atoms with van der Waals surface area (Å²) >= 11 is 0. The molecule has 29 heavy (non-hydrogen) atoms. The normalized spacial score (nSPS) is 15.6. The Morgan fingerprint density at radius 1 is 1.14 bits per heavy atom. The quantitative estimate of drug-likeness (QED) is 0.778. The molecule has 8 heteroatoms. The van der Waals surface area contributed by atoms with Crippen molar-refractivity contribution in [3.63, 3.8) is 0 Å². The maximum atomic E-state index is 12.9. The lowest BCUT2D eigenvalue weighted by Gasteiger charge is -2.27. The van der Waals surface area contributed by atoms with Gasteiger partial charge in [-0.05, 0) is 31.2 Å². The molecular weight excluding hydrogens is 376 g/mol. The van der Waals surface area contributed by atoms with Gasteiger partial charge >= 0.3 is 5.97 Å². The van der Waals surface area contributed by atoms with Crippen LogP contribution < -0.4 is 19.7 Å². The van der Waals surface area contributed by atoms with Crippen molar-refractivity contribution < 1.29 is 28.6 Å². The van der Waals surface area contributed by atoms with E-state index in [1.165, 1.54) is 25.2 Å². The number of ether oxygens (including phenoxy) is 3. The average molecular weight is 398 g/mol. The number of carbonyl (C=O) groups is 3. The molecule has 0 saturated heterocycles. The molecular formula is C21H22N2O6. The fourth-order valence-corrected chi connectivity index (χ4v) is 3.21. The summed E-state index contributed by atoms with van der Waals surface area (Å²) in [5.41, 5.74) is 1.29. The number of benzene rings is 2. The number of hydrogen-bond donors (Lipinski definition) is 1. The van der Waals surface area contributed by atoms with Gasteiger partial charge in [-0.15, -0.1) is 0 Å². The van der Waals surface area contributed by atoms with Crippen LogP contribution in [0.4, 0.5) is 11.4 Å². The first-order valence-electron chi connectivity index (χ1n) is 9.04. The number of para-hydroxylation sites is 2. The van der Waals surface area contributed by atoms with E-state index in [1.807, 2.05) is 0 Å². The van der Waals surface area contributed by atoms with Gasteiger partial charge in [0.25, 0.3) is 5.91 Å². The van der Waals surface area contributed by atoms with Crippen LogP contribution in [0.15, 0.2) is 42.5 Å². The molecule has 0 spiro atoms. The van der Waals surface area contributed by atoms with Crippen LogP contribution in [0.1, 0.15) is 23.7 Å². The molecule has 0 radical (unpaired) electrons. The number of methoxy groups -OCH3 is 2. The maximum Gasteiger partial charge on any atom is 0.342 e. The molecule has 0 aliphatic carbocycles. The molecule has 0 bridgehead atoms. The summed E-state index contributed by atoms with van der Waals surface area (Å²) in [6.07, 6.45) is 0.140. The summed E-state index contributed by atoms with van der Waals surface area (Å²) < 4.78 is 15.5. The van der Waals surface area contributed by atoms with E-state index >= 15 is 0 Å². The second-order valence-electron chi connectivity index (χ2n) is 6.52. The van der Waals surface area contributed by atoms with Crippen LogP contribution in [0, 0.1) is 0 Å². The first-order chi connectivity index (χ1) is 13.9. The molecule has 0 aromatic heterocycles. The van der Waals surface area contributed by atoms with Gasteiger partial charge in [-0.2, -0.15) is 0 Å². The molecule has 3 rings (SSSR count). The molecule has 1 atom stereocenters. The molecule has 2 aromatic carbocycles. The van der Waals surface area contributed by atoms with E-state index < -0.39 is 18.5 Å². The highest BCUT2D eigenvalue weighted by Crippen LogP contribution is 2.31. The third-order valence-corrected chi connectivity index (χ3v) is 4.58. The molecule has 8 nitrogen and oxygen atoms in total. The Balaban J connectivity index is 1.77. The van der Waals surface area contributed by atoms with Crippen LogP contribution in [0.25, 0.3) is 0 Å². The van der Waals surface area contributed by atoms with Gasteiger partial charge in [0.1, 0.15) is 17.1 Å². The van der Waals surface area contributed by atoms with Gasteiger partial charge < -0.3 is 24.4 Å². The lowest BCUT2D eigenvalue weighted by Crippen LogP contribution is -2.41. The Morgan fingerprint density at radius 3 is 2.62 bits per heavy atom. The Labute approximate surface area is 168 Å². The van der Waals surface area contributed by atoms with Crippen molar-refractivity contribution in [2.45, 2.75) is 19.4 Å². The number of amides is 2. The van der Waals surface area contributed by atoms with Gasteiger partial charge in [0.2, 0.25) is 5.91 Å². The van der Waals surface area contributed by atoms with Crippen LogP contribution in [0.3, 0.4) is 0 Å². The largest absolute Gasteiger partial charge is 0.497 e. The number of nitrogens with zero attached hydrogens (tertiary/aromatic N) is 1. The summed E-state index contributed by atoms with van der Waals surface area (Å²) in [7, 11) is 2.93. The number of rotatable bonds is 5. The molecule has 152 valence electrons. The second-order valence-corrected chi connectivity index (χ2v) is 6.52. The third-order valence-electron chi connectivity index (χ3n) is 4.58. The zero-order chi connectivity index (χ0) is 21.0. The van der Waals surface area contributed by atoms with E-state index in [-0.39, 0.29) is 29.7 Å². The number of hydrogen-bond acceptors (Lipinski definition) is 6. The number of fused-ring (bicyclic) bond motifs is 1. The number of carbonyl (C=O) groups excluding carboxylic acids is 3. The Bertz CT molecular complexity index is 943. The molecule has 0 fully saturated rings. The van der Waals surface area contributed by atoms with Crippen molar-refractivity contribution in [2.75, 3.05) is 31.0 Å². The van der Waals surface area contributed by atoms with Crippen molar-refractivity contribution in [1.29, 1.82) is 0 Å². The minimum absolute atomic E-state index is 0.140. The van der Waals surface area contributed by atoms with E-state index in [0.717, 1.165) is 0 Å². The Morgan fingerprint density at radius 2 is 1.90 bits per heavy atom. The SMILES string of the molecule is COc1ccc(C(=O)OCC(=O)N2c3ccccc3NC(=O)C[C@H]2C)c(OC)c1. The summed E-state index contributed by atoms with van der Waals surface area (Å²) in [6.45, 7) is 1.30. The fourth-order valence-electron chi connectivity index (χ4n) is 3.21. The van der Waals surface area contributed by atoms with Gasteiger partial charge in [0.15, 0.2) is 6.61 Å². The first-order valence-corrected chi connectivity index (χ1v) is 9.04. The van der Waals surface area contributed by atoms with E-state index in [9.17, 15) is 14.4 Å². The van der Waals surface area contributed by atoms with Crippen molar-refractivity contribution in [3.05, 3.63) is 48.0 Å². The summed E-state index contributed by atoms with van der Waals surface area (Å²) in [5, 5.41) is 2.79. The monoisotopic (exact) mass is 398 g/mol. The predicted molar refractivity (Wildman–Crippen MR) is 106 cm³/mol. The molecule has 1 aliphatic rings. The molecule has 1 aliphatic heterocycles. The summed E-state index contributed by atoms with van der Waals surface area (Å²) in [5.74, 6) is -0.489. The molecule has 0 saturated carbocycles. The predicted octanol–water partition coefficient (Wildman–Crippen LogP) is 2.62. The van der Waals surface area contributed by atoms with Gasteiger partial charge in [-0.25, -0.2) is 4.79 Å². The van der Waals surface area contributed by atoms with E-state index in [1.54, 1.807) is 43.3 Å². The smallest absolute Gasteiger partial charge is 0.342 e. The van der Waals surface area contributed by atoms with Crippen molar-refractivity contribution in [2.24, 2.45) is 0 Å². The highest BCUT2D eigenvalue weighted by atomic mass is 16.5. The zero-order valence-electron chi connectivity index (χ0n) is 16.4. The number of anilines is 2.